The lowest BCUT2D eigenvalue weighted by Gasteiger charge is -2.09. The van der Waals surface area contributed by atoms with Crippen LogP contribution >= 0.6 is 23.4 Å². The average Bonchev–Trinajstić information content (AvgIpc) is 2.54. The maximum atomic E-state index is 12.1. The number of thioether (sulfide) groups is 1. The highest BCUT2D eigenvalue weighted by Gasteiger charge is 2.08. The van der Waals surface area contributed by atoms with Gasteiger partial charge in [0.1, 0.15) is 0 Å². The highest BCUT2D eigenvalue weighted by atomic mass is 35.5. The number of nitrogens with zero attached hydrogens (tertiary/aromatic N) is 1. The molecule has 3 rings (SSSR count). The van der Waals surface area contributed by atoms with Gasteiger partial charge < -0.3 is 5.32 Å². The Hall–Kier alpha value is -2.04. The summed E-state index contributed by atoms with van der Waals surface area (Å²) in [5.74, 6) is 0.225. The summed E-state index contributed by atoms with van der Waals surface area (Å²) in [7, 11) is 0. The number of anilines is 1. The summed E-state index contributed by atoms with van der Waals surface area (Å²) in [4.78, 5) is 16.8. The summed E-state index contributed by atoms with van der Waals surface area (Å²) in [6.07, 6.45) is 0. The molecule has 0 radical (unpaired) electrons. The van der Waals surface area contributed by atoms with Crippen LogP contribution in [0.1, 0.15) is 11.1 Å². The van der Waals surface area contributed by atoms with Crippen LogP contribution in [0.5, 0.6) is 0 Å². The molecule has 0 aliphatic carbocycles. The number of carbonyl (C=O) groups excluding carboxylic acids is 1. The number of nitrogens with one attached hydrogen (secondary N) is 1. The standard InChI is InChI=1S/C19H17ClN2OS/c1-12-5-3-8-16-13(2)9-18(22-19(12)16)24-11-17(23)21-15-7-4-6-14(20)10-15/h3-10H,11H2,1-2H3,(H,21,23). The molecule has 0 bridgehead atoms. The maximum Gasteiger partial charge on any atom is 0.234 e. The molecule has 0 aliphatic rings. The van der Waals surface area contributed by atoms with Crippen molar-refractivity contribution >= 4 is 45.9 Å². The molecule has 24 heavy (non-hydrogen) atoms. The first-order valence-electron chi connectivity index (χ1n) is 7.58. The number of para-hydroxylation sites is 1. The van der Waals surface area contributed by atoms with E-state index in [2.05, 4.69) is 31.3 Å². The zero-order valence-electron chi connectivity index (χ0n) is 13.5. The van der Waals surface area contributed by atoms with E-state index in [1.165, 1.54) is 17.3 Å². The van der Waals surface area contributed by atoms with Gasteiger partial charge in [0.25, 0.3) is 0 Å². The number of aryl methyl sites for hydroxylation is 2. The van der Waals surface area contributed by atoms with Crippen LogP contribution in [0.25, 0.3) is 10.9 Å². The molecule has 3 aromatic rings. The Balaban J connectivity index is 1.71. The van der Waals surface area contributed by atoms with Crippen molar-refractivity contribution < 1.29 is 4.79 Å². The zero-order valence-corrected chi connectivity index (χ0v) is 15.0. The van der Waals surface area contributed by atoms with E-state index in [1.54, 1.807) is 12.1 Å². The van der Waals surface area contributed by atoms with Crippen LogP contribution in [-0.2, 0) is 4.79 Å². The summed E-state index contributed by atoms with van der Waals surface area (Å²) >= 11 is 7.36. The Morgan fingerprint density at radius 3 is 2.71 bits per heavy atom. The van der Waals surface area contributed by atoms with Gasteiger partial charge in [-0.2, -0.15) is 0 Å². The van der Waals surface area contributed by atoms with Gasteiger partial charge >= 0.3 is 0 Å². The van der Waals surface area contributed by atoms with Crippen molar-refractivity contribution in [2.75, 3.05) is 11.1 Å². The molecule has 5 heteroatoms. The number of pyridine rings is 1. The van der Waals surface area contributed by atoms with Crippen molar-refractivity contribution in [3.63, 3.8) is 0 Å². The van der Waals surface area contributed by atoms with Crippen LogP contribution in [0, 0.1) is 13.8 Å². The van der Waals surface area contributed by atoms with Gasteiger partial charge in [0.05, 0.1) is 16.3 Å². The van der Waals surface area contributed by atoms with E-state index in [4.69, 9.17) is 16.6 Å². The molecule has 1 amide bonds. The zero-order chi connectivity index (χ0) is 17.1. The number of aromatic nitrogens is 1. The van der Waals surface area contributed by atoms with Crippen molar-refractivity contribution in [2.45, 2.75) is 18.9 Å². The van der Waals surface area contributed by atoms with E-state index >= 15 is 0 Å². The third-order valence-electron chi connectivity index (χ3n) is 3.68. The van der Waals surface area contributed by atoms with Crippen LogP contribution < -0.4 is 5.32 Å². The van der Waals surface area contributed by atoms with Gasteiger partial charge in [0.2, 0.25) is 5.91 Å². The Morgan fingerprint density at radius 1 is 1.12 bits per heavy atom. The predicted molar refractivity (Wildman–Crippen MR) is 102 cm³/mol. The molecule has 122 valence electrons. The predicted octanol–water partition coefficient (Wildman–Crippen LogP) is 5.24. The van der Waals surface area contributed by atoms with Crippen molar-refractivity contribution in [1.29, 1.82) is 0 Å². The fourth-order valence-corrected chi connectivity index (χ4v) is 3.47. The van der Waals surface area contributed by atoms with Gasteiger partial charge in [-0.1, -0.05) is 47.6 Å². The second kappa shape index (κ2) is 7.24. The monoisotopic (exact) mass is 356 g/mol. The smallest absolute Gasteiger partial charge is 0.234 e. The van der Waals surface area contributed by atoms with Gasteiger partial charge in [-0.25, -0.2) is 4.98 Å². The molecule has 0 fully saturated rings. The minimum atomic E-state index is -0.0772. The molecule has 0 saturated heterocycles. The average molecular weight is 357 g/mol. The third-order valence-corrected chi connectivity index (χ3v) is 4.83. The first-order valence-corrected chi connectivity index (χ1v) is 8.94. The van der Waals surface area contributed by atoms with Crippen LogP contribution in [0.15, 0.2) is 53.6 Å². The minimum Gasteiger partial charge on any atom is -0.325 e. The maximum absolute atomic E-state index is 12.1. The quantitative estimate of drug-likeness (QED) is 0.650. The first-order chi connectivity index (χ1) is 11.5. The highest BCUT2D eigenvalue weighted by Crippen LogP contribution is 2.25. The van der Waals surface area contributed by atoms with Crippen LogP contribution in [0.2, 0.25) is 5.02 Å². The number of hydrogen-bond donors (Lipinski definition) is 1. The van der Waals surface area contributed by atoms with E-state index in [-0.39, 0.29) is 5.91 Å². The Morgan fingerprint density at radius 2 is 1.92 bits per heavy atom. The topological polar surface area (TPSA) is 42.0 Å². The van der Waals surface area contributed by atoms with E-state index < -0.39 is 0 Å². The van der Waals surface area contributed by atoms with E-state index in [0.29, 0.717) is 16.5 Å². The molecule has 0 unspecified atom stereocenters. The van der Waals surface area contributed by atoms with Gasteiger partial charge in [-0.05, 0) is 49.2 Å². The molecular formula is C19H17ClN2OS. The van der Waals surface area contributed by atoms with Gasteiger partial charge in [0, 0.05) is 16.1 Å². The van der Waals surface area contributed by atoms with Gasteiger partial charge in [-0.15, -0.1) is 0 Å². The second-order valence-corrected chi connectivity index (χ2v) is 7.03. The van der Waals surface area contributed by atoms with E-state index in [9.17, 15) is 4.79 Å². The number of benzene rings is 2. The molecule has 1 heterocycles. The molecule has 0 saturated carbocycles. The first kappa shape index (κ1) is 16.8. The second-order valence-electron chi connectivity index (χ2n) is 5.60. The summed E-state index contributed by atoms with van der Waals surface area (Å²) in [5.41, 5.74) is 4.00. The van der Waals surface area contributed by atoms with Gasteiger partial charge in [-0.3, -0.25) is 4.79 Å². The summed E-state index contributed by atoms with van der Waals surface area (Å²) in [6.45, 7) is 4.12. The Kier molecular flexibility index (Phi) is 5.07. The largest absolute Gasteiger partial charge is 0.325 e. The number of rotatable bonds is 4. The lowest BCUT2D eigenvalue weighted by atomic mass is 10.1. The van der Waals surface area contributed by atoms with E-state index in [1.807, 2.05) is 24.3 Å². The normalized spacial score (nSPS) is 10.8. The van der Waals surface area contributed by atoms with Crippen molar-refractivity contribution in [2.24, 2.45) is 0 Å². The Bertz CT molecular complexity index is 911. The summed E-state index contributed by atoms with van der Waals surface area (Å²) < 4.78 is 0. The van der Waals surface area contributed by atoms with Crippen LogP contribution in [-0.4, -0.2) is 16.6 Å². The molecule has 3 nitrogen and oxygen atoms in total. The number of fused-ring (bicyclic) bond motifs is 1. The molecular weight excluding hydrogens is 340 g/mol. The van der Waals surface area contributed by atoms with Gasteiger partial charge in [0.15, 0.2) is 0 Å². The van der Waals surface area contributed by atoms with E-state index in [0.717, 1.165) is 21.5 Å². The number of carbonyl (C=O) groups is 1. The fourth-order valence-electron chi connectivity index (χ4n) is 2.51. The summed E-state index contributed by atoms with van der Waals surface area (Å²) in [6, 6.07) is 15.3. The van der Waals surface area contributed by atoms with Crippen molar-refractivity contribution in [3.05, 3.63) is 64.7 Å². The SMILES string of the molecule is Cc1cc(SCC(=O)Nc2cccc(Cl)c2)nc2c(C)cccc12. The van der Waals surface area contributed by atoms with Crippen molar-refractivity contribution in [3.8, 4) is 0 Å². The molecule has 2 aromatic carbocycles. The molecule has 1 aromatic heterocycles. The van der Waals surface area contributed by atoms with Crippen LogP contribution in [0.4, 0.5) is 5.69 Å². The lowest BCUT2D eigenvalue weighted by Crippen LogP contribution is -2.14. The Labute approximate surface area is 150 Å². The molecule has 0 aliphatic heterocycles. The van der Waals surface area contributed by atoms with Crippen LogP contribution in [0.3, 0.4) is 0 Å². The number of halogens is 1. The molecule has 0 atom stereocenters. The molecule has 1 N–H and O–H groups in total. The third kappa shape index (κ3) is 3.89. The lowest BCUT2D eigenvalue weighted by molar-refractivity contribution is -0.113. The van der Waals surface area contributed by atoms with Crippen molar-refractivity contribution in [1.82, 2.24) is 4.98 Å². The molecule has 0 spiro atoms. The summed E-state index contributed by atoms with van der Waals surface area (Å²) in [5, 5.41) is 5.46. The fraction of sp³-hybridized carbons (Fsp3) is 0.158. The highest BCUT2D eigenvalue weighted by molar-refractivity contribution is 7.99. The number of amides is 1. The number of hydrogen-bond acceptors (Lipinski definition) is 3. The minimum absolute atomic E-state index is 0.0772.